The number of hydrogen-bond acceptors (Lipinski definition) is 5. The van der Waals surface area contributed by atoms with Crippen LogP contribution < -0.4 is 5.32 Å². The highest BCUT2D eigenvalue weighted by atomic mass is 35.5. The molecule has 0 aliphatic heterocycles. The van der Waals surface area contributed by atoms with E-state index in [9.17, 15) is 13.2 Å². The molecule has 8 nitrogen and oxygen atoms in total. The van der Waals surface area contributed by atoms with Crippen molar-refractivity contribution in [2.45, 2.75) is 31.2 Å². The summed E-state index contributed by atoms with van der Waals surface area (Å²) in [6, 6.07) is 9.49. The Kier molecular flexibility index (Phi) is 6.21. The van der Waals surface area contributed by atoms with Crippen molar-refractivity contribution in [3.8, 4) is 0 Å². The maximum atomic E-state index is 12.7. The molecule has 1 N–H and O–H groups in total. The van der Waals surface area contributed by atoms with E-state index in [-0.39, 0.29) is 21.5 Å². The van der Waals surface area contributed by atoms with Gasteiger partial charge in [-0.05, 0) is 44.2 Å². The average Bonchev–Trinajstić information content (AvgIpc) is 3.10. The smallest absolute Gasteiger partial charge is 0.252 e. The first-order valence-corrected chi connectivity index (χ1v) is 10.9. The van der Waals surface area contributed by atoms with Crippen molar-refractivity contribution in [1.82, 2.24) is 24.2 Å². The molecule has 1 aromatic carbocycles. The number of pyridine rings is 1. The number of aromatic nitrogens is 3. The molecule has 0 aliphatic rings. The molecule has 154 valence electrons. The van der Waals surface area contributed by atoms with Crippen LogP contribution >= 0.6 is 11.6 Å². The molecule has 2 heterocycles. The van der Waals surface area contributed by atoms with E-state index in [2.05, 4.69) is 15.5 Å². The molecule has 0 spiro atoms. The van der Waals surface area contributed by atoms with Crippen LogP contribution in [0.3, 0.4) is 0 Å². The van der Waals surface area contributed by atoms with Gasteiger partial charge in [-0.15, -0.1) is 10.2 Å². The van der Waals surface area contributed by atoms with Gasteiger partial charge in [-0.3, -0.25) is 9.20 Å². The largest absolute Gasteiger partial charge is 0.352 e. The number of carbonyl (C=O) groups excluding carboxylic acids is 1. The molecule has 10 heteroatoms. The minimum absolute atomic E-state index is 0.0201. The number of carbonyl (C=O) groups is 1. The zero-order valence-electron chi connectivity index (χ0n) is 16.3. The third-order valence-corrected chi connectivity index (χ3v) is 6.96. The van der Waals surface area contributed by atoms with Gasteiger partial charge in [0.25, 0.3) is 5.91 Å². The summed E-state index contributed by atoms with van der Waals surface area (Å²) in [7, 11) is -2.22. The third kappa shape index (κ3) is 4.42. The van der Waals surface area contributed by atoms with Crippen LogP contribution in [0, 0.1) is 0 Å². The van der Waals surface area contributed by atoms with Crippen LogP contribution in [0.1, 0.15) is 30.0 Å². The minimum atomic E-state index is -3.72. The van der Waals surface area contributed by atoms with Crippen molar-refractivity contribution >= 4 is 33.2 Å². The van der Waals surface area contributed by atoms with Crippen LogP contribution in [0.2, 0.25) is 5.02 Å². The molecule has 0 saturated carbocycles. The minimum Gasteiger partial charge on any atom is -0.352 e. The van der Waals surface area contributed by atoms with E-state index in [1.165, 1.54) is 29.6 Å². The van der Waals surface area contributed by atoms with Crippen molar-refractivity contribution in [2.24, 2.45) is 0 Å². The standard InChI is InChI=1S/C19H22ClN5O3S/c1-13(2)24(3)29(27,28)14-7-8-16(20)15(12-14)19(26)21-10-9-18-23-22-17-6-4-5-11-25(17)18/h4-8,11-13H,9-10H2,1-3H3,(H,21,26). The Morgan fingerprint density at radius 3 is 2.72 bits per heavy atom. The summed E-state index contributed by atoms with van der Waals surface area (Å²) in [4.78, 5) is 12.6. The number of nitrogens with zero attached hydrogens (tertiary/aromatic N) is 4. The molecule has 0 aliphatic carbocycles. The second kappa shape index (κ2) is 8.48. The molecule has 0 fully saturated rings. The lowest BCUT2D eigenvalue weighted by Gasteiger charge is -2.21. The SMILES string of the molecule is CC(C)N(C)S(=O)(=O)c1ccc(Cl)c(C(=O)NCCc2nnc3ccccn23)c1. The van der Waals surface area contributed by atoms with E-state index in [1.54, 1.807) is 13.8 Å². The van der Waals surface area contributed by atoms with Crippen molar-refractivity contribution < 1.29 is 13.2 Å². The average molecular weight is 436 g/mol. The number of amides is 1. The van der Waals surface area contributed by atoms with Gasteiger partial charge in [0.2, 0.25) is 10.0 Å². The summed E-state index contributed by atoms with van der Waals surface area (Å²) in [5, 5.41) is 11.1. The summed E-state index contributed by atoms with van der Waals surface area (Å²) in [5.74, 6) is 0.259. The monoisotopic (exact) mass is 435 g/mol. The lowest BCUT2D eigenvalue weighted by Crippen LogP contribution is -2.33. The van der Waals surface area contributed by atoms with Crippen LogP contribution in [-0.2, 0) is 16.4 Å². The molecule has 0 atom stereocenters. The summed E-state index contributed by atoms with van der Waals surface area (Å²) >= 11 is 6.14. The molecule has 2 aromatic heterocycles. The van der Waals surface area contributed by atoms with E-state index < -0.39 is 15.9 Å². The van der Waals surface area contributed by atoms with Crippen molar-refractivity contribution in [2.75, 3.05) is 13.6 Å². The van der Waals surface area contributed by atoms with Gasteiger partial charge in [0, 0.05) is 32.3 Å². The molecule has 0 unspecified atom stereocenters. The fourth-order valence-electron chi connectivity index (χ4n) is 2.73. The normalized spacial score (nSPS) is 12.1. The first-order valence-electron chi connectivity index (χ1n) is 9.06. The Morgan fingerprint density at radius 1 is 1.24 bits per heavy atom. The number of benzene rings is 1. The topological polar surface area (TPSA) is 96.7 Å². The van der Waals surface area contributed by atoms with Gasteiger partial charge < -0.3 is 5.32 Å². The molecule has 1 amide bonds. The van der Waals surface area contributed by atoms with E-state index in [1.807, 2.05) is 28.8 Å². The molecule has 29 heavy (non-hydrogen) atoms. The Morgan fingerprint density at radius 2 is 2.00 bits per heavy atom. The molecule has 3 aromatic rings. The van der Waals surface area contributed by atoms with Gasteiger partial charge in [-0.2, -0.15) is 4.31 Å². The Balaban J connectivity index is 1.74. The summed E-state index contributed by atoms with van der Waals surface area (Å²) < 4.78 is 28.5. The van der Waals surface area contributed by atoms with Crippen molar-refractivity contribution in [1.29, 1.82) is 0 Å². The van der Waals surface area contributed by atoms with E-state index in [0.29, 0.717) is 18.8 Å². The molecule has 3 rings (SSSR count). The highest BCUT2D eigenvalue weighted by Crippen LogP contribution is 2.23. The van der Waals surface area contributed by atoms with Gasteiger partial charge in [-0.25, -0.2) is 8.42 Å². The first kappa shape index (κ1) is 21.2. The third-order valence-electron chi connectivity index (χ3n) is 4.61. The quantitative estimate of drug-likeness (QED) is 0.614. The lowest BCUT2D eigenvalue weighted by molar-refractivity contribution is 0.0954. The molecule has 0 radical (unpaired) electrons. The number of hydrogen-bond donors (Lipinski definition) is 1. The number of halogens is 1. The predicted molar refractivity (Wildman–Crippen MR) is 111 cm³/mol. The molecular weight excluding hydrogens is 414 g/mol. The fourth-order valence-corrected chi connectivity index (χ4v) is 4.32. The van der Waals surface area contributed by atoms with E-state index in [4.69, 9.17) is 11.6 Å². The van der Waals surface area contributed by atoms with Crippen LogP contribution in [0.25, 0.3) is 5.65 Å². The van der Waals surface area contributed by atoms with Gasteiger partial charge in [0.05, 0.1) is 15.5 Å². The second-order valence-electron chi connectivity index (χ2n) is 6.81. The fraction of sp³-hybridized carbons (Fsp3) is 0.316. The summed E-state index contributed by atoms with van der Waals surface area (Å²) in [5.41, 5.74) is 0.833. The van der Waals surface area contributed by atoms with Crippen molar-refractivity contribution in [3.05, 3.63) is 59.0 Å². The predicted octanol–water partition coefficient (Wildman–Crippen LogP) is 2.38. The molecular formula is C19H22ClN5O3S. The van der Waals surface area contributed by atoms with Gasteiger partial charge in [-0.1, -0.05) is 17.7 Å². The zero-order valence-corrected chi connectivity index (χ0v) is 17.9. The maximum absolute atomic E-state index is 12.7. The summed E-state index contributed by atoms with van der Waals surface area (Å²) in [6.07, 6.45) is 2.31. The Bertz CT molecular complexity index is 1140. The number of fused-ring (bicyclic) bond motifs is 1. The number of nitrogens with one attached hydrogen (secondary N) is 1. The maximum Gasteiger partial charge on any atom is 0.252 e. The lowest BCUT2D eigenvalue weighted by atomic mass is 10.2. The molecule has 0 bridgehead atoms. The van der Waals surface area contributed by atoms with Gasteiger partial charge in [0.1, 0.15) is 5.82 Å². The van der Waals surface area contributed by atoms with Crippen LogP contribution in [0.15, 0.2) is 47.5 Å². The van der Waals surface area contributed by atoms with Crippen LogP contribution in [0.4, 0.5) is 0 Å². The Labute approximate surface area is 174 Å². The Hall–Kier alpha value is -2.49. The van der Waals surface area contributed by atoms with Crippen LogP contribution in [-0.4, -0.2) is 52.9 Å². The van der Waals surface area contributed by atoms with Crippen molar-refractivity contribution in [3.63, 3.8) is 0 Å². The van der Waals surface area contributed by atoms with E-state index >= 15 is 0 Å². The highest BCUT2D eigenvalue weighted by molar-refractivity contribution is 7.89. The number of rotatable bonds is 7. The first-order chi connectivity index (χ1) is 13.7. The number of sulfonamides is 1. The van der Waals surface area contributed by atoms with E-state index in [0.717, 1.165) is 5.65 Å². The highest BCUT2D eigenvalue weighted by Gasteiger charge is 2.25. The van der Waals surface area contributed by atoms with Gasteiger partial charge >= 0.3 is 0 Å². The summed E-state index contributed by atoms with van der Waals surface area (Å²) in [6.45, 7) is 3.85. The zero-order chi connectivity index (χ0) is 21.2. The second-order valence-corrected chi connectivity index (χ2v) is 9.21. The van der Waals surface area contributed by atoms with Gasteiger partial charge in [0.15, 0.2) is 5.65 Å². The van der Waals surface area contributed by atoms with Crippen LogP contribution in [0.5, 0.6) is 0 Å². The molecule has 0 saturated heterocycles.